The Morgan fingerprint density at radius 1 is 1.18 bits per heavy atom. The molecule has 1 aliphatic rings. The summed E-state index contributed by atoms with van der Waals surface area (Å²) in [4.78, 5) is 33.5. The molecule has 1 saturated heterocycles. The van der Waals surface area contributed by atoms with E-state index < -0.39 is 0 Å². The van der Waals surface area contributed by atoms with E-state index in [2.05, 4.69) is 46.3 Å². The minimum absolute atomic E-state index is 0.194. The van der Waals surface area contributed by atoms with E-state index in [0.29, 0.717) is 35.9 Å². The van der Waals surface area contributed by atoms with E-state index in [0.717, 1.165) is 44.0 Å². The molecule has 0 bridgehead atoms. The molecule has 1 fully saturated rings. The number of carbonyl (C=O) groups excluding carboxylic acids is 1. The largest absolute Gasteiger partial charge is 0.468 e. The van der Waals surface area contributed by atoms with Crippen molar-refractivity contribution in [3.63, 3.8) is 0 Å². The molecule has 170 valence electrons. The smallest absolute Gasteiger partial charge is 0.319 e. The Morgan fingerprint density at radius 2 is 2.00 bits per heavy atom. The van der Waals surface area contributed by atoms with Gasteiger partial charge in [0.25, 0.3) is 0 Å². The fourth-order valence-corrected chi connectivity index (χ4v) is 3.60. The molecule has 3 heterocycles. The number of nitrogens with zero attached hydrogens (tertiary/aromatic N) is 6. The van der Waals surface area contributed by atoms with Crippen molar-refractivity contribution < 1.29 is 9.53 Å². The fourth-order valence-electron chi connectivity index (χ4n) is 3.60. The normalized spacial score (nSPS) is 14.5. The van der Waals surface area contributed by atoms with E-state index in [-0.39, 0.29) is 5.97 Å². The standard InChI is InChI=1S/C23H26N8O2/c1-3-17-5-4-6-18(13-17)28-22-21-19(26-16-27-22)14-25-23(29-21)24-7-8-30-9-11-31(12-10-30)15-20(32)33-2/h1,4-6,13-14,16H,7-12,15H2,2H3,(H,24,25,29)(H,26,27,28). The molecule has 0 radical (unpaired) electrons. The van der Waals surface area contributed by atoms with Crippen LogP contribution in [0.15, 0.2) is 36.8 Å². The van der Waals surface area contributed by atoms with Gasteiger partial charge < -0.3 is 15.4 Å². The monoisotopic (exact) mass is 446 g/mol. The molecule has 33 heavy (non-hydrogen) atoms. The van der Waals surface area contributed by atoms with Crippen LogP contribution in [0.3, 0.4) is 0 Å². The number of benzene rings is 1. The number of carbonyl (C=O) groups is 1. The zero-order valence-electron chi connectivity index (χ0n) is 18.5. The third kappa shape index (κ3) is 5.91. The number of esters is 1. The van der Waals surface area contributed by atoms with Gasteiger partial charge in [0.1, 0.15) is 17.4 Å². The summed E-state index contributed by atoms with van der Waals surface area (Å²) in [6.07, 6.45) is 8.66. The lowest BCUT2D eigenvalue weighted by atomic mass is 10.2. The molecule has 2 aromatic heterocycles. The van der Waals surface area contributed by atoms with Gasteiger partial charge in [-0.3, -0.25) is 14.6 Å². The highest BCUT2D eigenvalue weighted by molar-refractivity contribution is 5.87. The van der Waals surface area contributed by atoms with Crippen molar-refractivity contribution in [1.29, 1.82) is 0 Å². The van der Waals surface area contributed by atoms with Crippen LogP contribution < -0.4 is 10.6 Å². The predicted molar refractivity (Wildman–Crippen MR) is 126 cm³/mol. The van der Waals surface area contributed by atoms with Gasteiger partial charge in [-0.2, -0.15) is 0 Å². The molecule has 10 nitrogen and oxygen atoms in total. The second kappa shape index (κ2) is 10.7. The second-order valence-electron chi connectivity index (χ2n) is 7.62. The van der Waals surface area contributed by atoms with Gasteiger partial charge in [0.05, 0.1) is 19.9 Å². The molecule has 0 amide bonds. The zero-order chi connectivity index (χ0) is 23.0. The third-order valence-corrected chi connectivity index (χ3v) is 5.43. The van der Waals surface area contributed by atoms with Crippen LogP contribution in [0.4, 0.5) is 17.5 Å². The van der Waals surface area contributed by atoms with Crippen LogP contribution in [-0.2, 0) is 9.53 Å². The lowest BCUT2D eigenvalue weighted by Gasteiger charge is -2.33. The van der Waals surface area contributed by atoms with Crippen molar-refractivity contribution in [2.45, 2.75) is 0 Å². The second-order valence-corrected chi connectivity index (χ2v) is 7.62. The van der Waals surface area contributed by atoms with Crippen LogP contribution in [0.2, 0.25) is 0 Å². The first-order valence-corrected chi connectivity index (χ1v) is 10.7. The van der Waals surface area contributed by atoms with Gasteiger partial charge in [-0.1, -0.05) is 12.0 Å². The first-order chi connectivity index (χ1) is 16.1. The highest BCUT2D eigenvalue weighted by atomic mass is 16.5. The summed E-state index contributed by atoms with van der Waals surface area (Å²) in [5, 5.41) is 6.55. The van der Waals surface area contributed by atoms with Crippen molar-refractivity contribution in [3.05, 3.63) is 42.4 Å². The molecule has 1 aromatic carbocycles. The van der Waals surface area contributed by atoms with Gasteiger partial charge >= 0.3 is 5.97 Å². The predicted octanol–water partition coefficient (Wildman–Crippen LogP) is 1.35. The zero-order valence-corrected chi connectivity index (χ0v) is 18.5. The molecular formula is C23H26N8O2. The summed E-state index contributed by atoms with van der Waals surface area (Å²) >= 11 is 0. The molecule has 0 aliphatic carbocycles. The first kappa shape index (κ1) is 22.4. The average Bonchev–Trinajstić information content (AvgIpc) is 2.85. The number of methoxy groups -OCH3 is 1. The van der Waals surface area contributed by atoms with Crippen LogP contribution in [0, 0.1) is 12.3 Å². The Hall–Kier alpha value is -3.81. The molecule has 1 aliphatic heterocycles. The maximum absolute atomic E-state index is 11.4. The molecule has 0 unspecified atom stereocenters. The van der Waals surface area contributed by atoms with Crippen molar-refractivity contribution in [2.24, 2.45) is 0 Å². The minimum Gasteiger partial charge on any atom is -0.468 e. The number of ether oxygens (including phenoxy) is 1. The molecule has 4 rings (SSSR count). The maximum atomic E-state index is 11.4. The summed E-state index contributed by atoms with van der Waals surface area (Å²) < 4.78 is 4.74. The van der Waals surface area contributed by atoms with E-state index >= 15 is 0 Å². The molecular weight excluding hydrogens is 420 g/mol. The van der Waals surface area contributed by atoms with E-state index in [1.807, 2.05) is 24.3 Å². The minimum atomic E-state index is -0.194. The van der Waals surface area contributed by atoms with E-state index in [1.54, 1.807) is 6.20 Å². The lowest BCUT2D eigenvalue weighted by molar-refractivity contribution is -0.142. The Kier molecular flexibility index (Phi) is 7.24. The van der Waals surface area contributed by atoms with Crippen LogP contribution in [0.5, 0.6) is 0 Å². The van der Waals surface area contributed by atoms with E-state index in [9.17, 15) is 4.79 Å². The maximum Gasteiger partial charge on any atom is 0.319 e. The molecule has 2 N–H and O–H groups in total. The Labute approximate surface area is 192 Å². The van der Waals surface area contributed by atoms with Gasteiger partial charge in [-0.05, 0) is 18.2 Å². The summed E-state index contributed by atoms with van der Waals surface area (Å²) in [5.74, 6) is 3.53. The molecule has 3 aromatic rings. The van der Waals surface area contributed by atoms with Crippen molar-refractivity contribution in [2.75, 3.05) is 63.6 Å². The van der Waals surface area contributed by atoms with Crippen molar-refractivity contribution in [3.8, 4) is 12.3 Å². The van der Waals surface area contributed by atoms with E-state index in [4.69, 9.17) is 11.2 Å². The average molecular weight is 447 g/mol. The van der Waals surface area contributed by atoms with Gasteiger partial charge in [-0.25, -0.2) is 19.9 Å². The number of rotatable bonds is 8. The lowest BCUT2D eigenvalue weighted by Crippen LogP contribution is -2.49. The molecule has 0 spiro atoms. The van der Waals surface area contributed by atoms with Crippen LogP contribution >= 0.6 is 0 Å². The van der Waals surface area contributed by atoms with Crippen LogP contribution in [-0.4, -0.2) is 88.6 Å². The van der Waals surface area contributed by atoms with Crippen LogP contribution in [0.25, 0.3) is 11.0 Å². The number of aromatic nitrogens is 4. The highest BCUT2D eigenvalue weighted by Crippen LogP contribution is 2.22. The molecule has 10 heteroatoms. The molecule has 0 atom stereocenters. The highest BCUT2D eigenvalue weighted by Gasteiger charge is 2.19. The summed E-state index contributed by atoms with van der Waals surface area (Å²) in [6.45, 7) is 5.38. The fraction of sp³-hybridized carbons (Fsp3) is 0.348. The van der Waals surface area contributed by atoms with Gasteiger partial charge in [-0.15, -0.1) is 6.42 Å². The summed E-state index contributed by atoms with van der Waals surface area (Å²) in [7, 11) is 1.42. The van der Waals surface area contributed by atoms with Crippen molar-refractivity contribution in [1.82, 2.24) is 29.7 Å². The number of anilines is 3. The van der Waals surface area contributed by atoms with E-state index in [1.165, 1.54) is 13.4 Å². The third-order valence-electron chi connectivity index (χ3n) is 5.43. The number of terminal acetylenes is 1. The number of hydrogen-bond acceptors (Lipinski definition) is 10. The number of hydrogen-bond donors (Lipinski definition) is 2. The van der Waals surface area contributed by atoms with Crippen LogP contribution in [0.1, 0.15) is 5.56 Å². The Bertz CT molecular complexity index is 1150. The topological polar surface area (TPSA) is 108 Å². The summed E-state index contributed by atoms with van der Waals surface area (Å²) in [6, 6.07) is 7.55. The summed E-state index contributed by atoms with van der Waals surface area (Å²) in [5.41, 5.74) is 2.87. The number of nitrogens with one attached hydrogen (secondary N) is 2. The van der Waals surface area contributed by atoms with Gasteiger partial charge in [0.15, 0.2) is 5.82 Å². The quantitative estimate of drug-likeness (QED) is 0.389. The van der Waals surface area contributed by atoms with Crippen molar-refractivity contribution >= 4 is 34.5 Å². The van der Waals surface area contributed by atoms with Gasteiger partial charge in [0, 0.05) is 50.5 Å². The number of fused-ring (bicyclic) bond motifs is 1. The van der Waals surface area contributed by atoms with Gasteiger partial charge in [0.2, 0.25) is 5.95 Å². The Balaban J connectivity index is 1.35. The first-order valence-electron chi connectivity index (χ1n) is 10.7. The SMILES string of the molecule is C#Cc1cccc(Nc2ncnc3cnc(NCCN4CCN(CC(=O)OC)CC4)nc23)c1. The Morgan fingerprint density at radius 3 is 2.79 bits per heavy atom. The number of piperazine rings is 1. The molecule has 0 saturated carbocycles.